The lowest BCUT2D eigenvalue weighted by Gasteiger charge is -2.37. The van der Waals surface area contributed by atoms with Gasteiger partial charge in [0.05, 0.1) is 26.7 Å². The lowest BCUT2D eigenvalue weighted by Crippen LogP contribution is -2.40. The standard InChI is InChI=1S/C23H37N2O2/c1-17(2)21-24(10-11-25(21)16-23(6,7)22(3,4)5)15-18-12-19(26-8)14-20(13-18)27-9/h10-14,17H,15-16H2,1-9H3/q+1. The van der Waals surface area contributed by atoms with E-state index < -0.39 is 0 Å². The molecule has 2 rings (SSSR count). The summed E-state index contributed by atoms with van der Waals surface area (Å²) in [5.74, 6) is 3.42. The summed E-state index contributed by atoms with van der Waals surface area (Å²) in [6.45, 7) is 18.0. The second-order valence-electron chi connectivity index (χ2n) is 9.42. The van der Waals surface area contributed by atoms with Crippen molar-refractivity contribution in [2.75, 3.05) is 14.2 Å². The Hall–Kier alpha value is -1.97. The van der Waals surface area contributed by atoms with Gasteiger partial charge >= 0.3 is 0 Å². The monoisotopic (exact) mass is 373 g/mol. The number of hydrogen-bond acceptors (Lipinski definition) is 2. The lowest BCUT2D eigenvalue weighted by atomic mass is 9.69. The van der Waals surface area contributed by atoms with Gasteiger partial charge in [0, 0.05) is 17.0 Å². The Balaban J connectivity index is 2.38. The van der Waals surface area contributed by atoms with Gasteiger partial charge in [0.2, 0.25) is 0 Å². The molecule has 0 aliphatic carbocycles. The number of hydrogen-bond donors (Lipinski definition) is 0. The van der Waals surface area contributed by atoms with Crippen molar-refractivity contribution in [3.63, 3.8) is 0 Å². The minimum atomic E-state index is 0.187. The van der Waals surface area contributed by atoms with E-state index >= 15 is 0 Å². The summed E-state index contributed by atoms with van der Waals surface area (Å²) in [4.78, 5) is 0. The van der Waals surface area contributed by atoms with E-state index in [-0.39, 0.29) is 10.8 Å². The number of nitrogens with zero attached hydrogens (tertiary/aromatic N) is 2. The molecule has 0 radical (unpaired) electrons. The van der Waals surface area contributed by atoms with Crippen LogP contribution in [0.2, 0.25) is 0 Å². The first-order valence-corrected chi connectivity index (χ1v) is 9.79. The van der Waals surface area contributed by atoms with E-state index in [4.69, 9.17) is 9.47 Å². The number of benzene rings is 1. The third-order valence-corrected chi connectivity index (χ3v) is 5.89. The number of methoxy groups -OCH3 is 2. The maximum atomic E-state index is 5.43. The Kier molecular flexibility index (Phi) is 6.28. The van der Waals surface area contributed by atoms with Gasteiger partial charge in [-0.05, 0) is 17.5 Å². The Labute approximate surface area is 165 Å². The summed E-state index contributed by atoms with van der Waals surface area (Å²) in [7, 11) is 3.38. The van der Waals surface area contributed by atoms with E-state index in [1.54, 1.807) is 14.2 Å². The number of rotatable bonds is 7. The minimum Gasteiger partial charge on any atom is -0.497 e. The molecule has 27 heavy (non-hydrogen) atoms. The Morgan fingerprint density at radius 1 is 0.963 bits per heavy atom. The number of imidazole rings is 1. The molecule has 0 amide bonds. The molecule has 4 nitrogen and oxygen atoms in total. The topological polar surface area (TPSA) is 27.3 Å². The van der Waals surface area contributed by atoms with Gasteiger partial charge in [0.25, 0.3) is 5.82 Å². The second-order valence-corrected chi connectivity index (χ2v) is 9.42. The van der Waals surface area contributed by atoms with Crippen LogP contribution in [0.4, 0.5) is 0 Å². The van der Waals surface area contributed by atoms with Gasteiger partial charge in [0.15, 0.2) is 0 Å². The quantitative estimate of drug-likeness (QED) is 0.636. The van der Waals surface area contributed by atoms with E-state index in [0.29, 0.717) is 5.92 Å². The molecule has 2 aromatic rings. The third-order valence-electron chi connectivity index (χ3n) is 5.89. The van der Waals surface area contributed by atoms with Crippen LogP contribution in [-0.2, 0) is 13.1 Å². The van der Waals surface area contributed by atoms with Gasteiger partial charge in [-0.2, -0.15) is 0 Å². The molecule has 1 aromatic heterocycles. The Morgan fingerprint density at radius 3 is 1.96 bits per heavy atom. The minimum absolute atomic E-state index is 0.187. The smallest absolute Gasteiger partial charge is 0.259 e. The molecule has 1 heterocycles. The average molecular weight is 374 g/mol. The summed E-state index contributed by atoms with van der Waals surface area (Å²) in [5, 5.41) is 0. The SMILES string of the molecule is COc1cc(C[n+]2ccn(CC(C)(C)C(C)(C)C)c2C(C)C)cc(OC)c1. The van der Waals surface area contributed by atoms with E-state index in [2.05, 4.69) is 82.1 Å². The molecule has 0 aliphatic rings. The van der Waals surface area contributed by atoms with E-state index in [0.717, 1.165) is 24.6 Å². The normalized spacial score (nSPS) is 12.5. The van der Waals surface area contributed by atoms with E-state index in [9.17, 15) is 0 Å². The molecule has 4 heteroatoms. The van der Waals surface area contributed by atoms with Crippen LogP contribution < -0.4 is 14.0 Å². The fraction of sp³-hybridized carbons (Fsp3) is 0.609. The van der Waals surface area contributed by atoms with Gasteiger partial charge in [-0.3, -0.25) is 0 Å². The highest BCUT2D eigenvalue weighted by Gasteiger charge is 2.36. The fourth-order valence-corrected chi connectivity index (χ4v) is 3.23. The molecule has 0 bridgehead atoms. The first-order chi connectivity index (χ1) is 12.5. The zero-order valence-corrected chi connectivity index (χ0v) is 18.6. The highest BCUT2D eigenvalue weighted by Crippen LogP contribution is 2.39. The van der Waals surface area contributed by atoms with E-state index in [1.165, 1.54) is 11.4 Å². The molecule has 0 fully saturated rings. The van der Waals surface area contributed by atoms with Crippen LogP contribution in [0.5, 0.6) is 11.5 Å². The van der Waals surface area contributed by atoms with Crippen molar-refractivity contribution >= 4 is 0 Å². The molecule has 0 unspecified atom stereocenters. The first kappa shape index (κ1) is 21.3. The summed E-state index contributed by atoms with van der Waals surface area (Å²) in [6.07, 6.45) is 4.42. The maximum Gasteiger partial charge on any atom is 0.259 e. The zero-order valence-electron chi connectivity index (χ0n) is 18.6. The van der Waals surface area contributed by atoms with Crippen LogP contribution in [0.1, 0.15) is 65.8 Å². The molecule has 0 atom stereocenters. The molecule has 0 aliphatic heterocycles. The fourth-order valence-electron chi connectivity index (χ4n) is 3.23. The molecule has 0 N–H and O–H groups in total. The van der Waals surface area contributed by atoms with Crippen molar-refractivity contribution in [2.45, 2.75) is 67.5 Å². The van der Waals surface area contributed by atoms with Crippen molar-refractivity contribution in [2.24, 2.45) is 10.8 Å². The summed E-state index contributed by atoms with van der Waals surface area (Å²) in [6, 6.07) is 6.07. The molecular weight excluding hydrogens is 336 g/mol. The van der Waals surface area contributed by atoms with Gasteiger partial charge in [-0.25, -0.2) is 9.13 Å². The maximum absolute atomic E-state index is 5.43. The van der Waals surface area contributed by atoms with Gasteiger partial charge in [-0.15, -0.1) is 0 Å². The highest BCUT2D eigenvalue weighted by atomic mass is 16.5. The van der Waals surface area contributed by atoms with Crippen molar-refractivity contribution in [3.8, 4) is 11.5 Å². The molecule has 0 spiro atoms. The summed E-state index contributed by atoms with van der Waals surface area (Å²) >= 11 is 0. The Morgan fingerprint density at radius 2 is 1.52 bits per heavy atom. The largest absolute Gasteiger partial charge is 0.497 e. The molecule has 1 aromatic carbocycles. The zero-order chi connectivity index (χ0) is 20.4. The van der Waals surface area contributed by atoms with Gasteiger partial charge < -0.3 is 9.47 Å². The second kappa shape index (κ2) is 7.95. The highest BCUT2D eigenvalue weighted by molar-refractivity contribution is 5.38. The average Bonchev–Trinajstić information content (AvgIpc) is 2.95. The number of ether oxygens (including phenoxy) is 2. The van der Waals surface area contributed by atoms with Crippen molar-refractivity contribution in [1.82, 2.24) is 4.57 Å². The molecule has 150 valence electrons. The molecule has 0 saturated heterocycles. The van der Waals surface area contributed by atoms with Crippen LogP contribution in [0, 0.1) is 10.8 Å². The van der Waals surface area contributed by atoms with E-state index in [1.807, 2.05) is 6.07 Å². The first-order valence-electron chi connectivity index (χ1n) is 9.79. The summed E-state index contributed by atoms with van der Waals surface area (Å²) in [5.41, 5.74) is 1.59. The van der Waals surface area contributed by atoms with Crippen molar-refractivity contribution < 1.29 is 14.0 Å². The summed E-state index contributed by atoms with van der Waals surface area (Å²) < 4.78 is 15.6. The van der Waals surface area contributed by atoms with Crippen LogP contribution >= 0.6 is 0 Å². The third kappa shape index (κ3) is 4.85. The van der Waals surface area contributed by atoms with Crippen molar-refractivity contribution in [3.05, 3.63) is 42.0 Å². The van der Waals surface area contributed by atoms with Gasteiger partial charge in [-0.1, -0.05) is 48.5 Å². The van der Waals surface area contributed by atoms with Crippen LogP contribution in [0.3, 0.4) is 0 Å². The predicted molar refractivity (Wildman–Crippen MR) is 111 cm³/mol. The molecular formula is C23H37N2O2+. The predicted octanol–water partition coefficient (Wildman–Crippen LogP) is 5.04. The van der Waals surface area contributed by atoms with Gasteiger partial charge in [0.1, 0.15) is 30.4 Å². The Bertz CT molecular complexity index is 745. The molecule has 0 saturated carbocycles. The van der Waals surface area contributed by atoms with Crippen LogP contribution in [-0.4, -0.2) is 18.8 Å². The van der Waals surface area contributed by atoms with Crippen molar-refractivity contribution in [1.29, 1.82) is 0 Å². The van der Waals surface area contributed by atoms with Crippen LogP contribution in [0.15, 0.2) is 30.6 Å². The number of aromatic nitrogens is 2. The lowest BCUT2D eigenvalue weighted by molar-refractivity contribution is -0.696. The van der Waals surface area contributed by atoms with Crippen LogP contribution in [0.25, 0.3) is 0 Å².